The van der Waals surface area contributed by atoms with Gasteiger partial charge in [0.25, 0.3) is 10.0 Å². The Morgan fingerprint density at radius 1 is 0.971 bits per heavy atom. The Morgan fingerprint density at radius 3 is 2.60 bits per heavy atom. The van der Waals surface area contributed by atoms with Crippen molar-refractivity contribution in [2.24, 2.45) is 0 Å². The van der Waals surface area contributed by atoms with Gasteiger partial charge in [-0.1, -0.05) is 59.8 Å². The molecule has 0 aliphatic carbocycles. The summed E-state index contributed by atoms with van der Waals surface area (Å²) in [6.07, 6.45) is 3.61. The molecule has 0 atom stereocenters. The summed E-state index contributed by atoms with van der Waals surface area (Å²) in [4.78, 5) is 13.9. The van der Waals surface area contributed by atoms with Gasteiger partial charge < -0.3 is 4.74 Å². The van der Waals surface area contributed by atoms with Crippen LogP contribution in [-0.4, -0.2) is 29.6 Å². The van der Waals surface area contributed by atoms with Gasteiger partial charge in [0.05, 0.1) is 21.9 Å². The Kier molecular flexibility index (Phi) is 6.61. The number of aromatic nitrogens is 3. The van der Waals surface area contributed by atoms with Gasteiger partial charge in [-0.2, -0.15) is 0 Å². The van der Waals surface area contributed by atoms with Gasteiger partial charge in [0.2, 0.25) is 5.88 Å². The summed E-state index contributed by atoms with van der Waals surface area (Å²) in [6.45, 7) is 0. The van der Waals surface area contributed by atoms with Crippen molar-refractivity contribution >= 4 is 61.2 Å². The van der Waals surface area contributed by atoms with Gasteiger partial charge in [-0.3, -0.25) is 4.72 Å². The van der Waals surface area contributed by atoms with E-state index in [0.29, 0.717) is 27.9 Å². The van der Waals surface area contributed by atoms with E-state index in [1.165, 1.54) is 35.2 Å². The molecule has 0 radical (unpaired) electrons. The number of thioether (sulfide) groups is 1. The quantitative estimate of drug-likeness (QED) is 0.181. The molecular formula is C24H17ClN4O3S3. The van der Waals surface area contributed by atoms with Crippen molar-refractivity contribution in [3.8, 4) is 22.2 Å². The van der Waals surface area contributed by atoms with Gasteiger partial charge in [-0.25, -0.2) is 23.4 Å². The van der Waals surface area contributed by atoms with E-state index in [4.69, 9.17) is 16.3 Å². The van der Waals surface area contributed by atoms with Crippen molar-refractivity contribution in [3.05, 3.63) is 83.5 Å². The number of anilines is 1. The highest BCUT2D eigenvalue weighted by Gasteiger charge is 2.20. The standard InChI is InChI=1S/C24H17ClN4O3S3/c1-33-24-26-13-12-19(28-24)22-23(27-14-34-22)32-20-10-5-6-15-16(20)7-4-9-18(15)29-35(30,31)21-11-3-2-8-17(21)25/h2-14,29H,1H3. The molecule has 11 heteroatoms. The fourth-order valence-corrected chi connectivity index (χ4v) is 6.11. The second kappa shape index (κ2) is 9.82. The van der Waals surface area contributed by atoms with Gasteiger partial charge >= 0.3 is 0 Å². The van der Waals surface area contributed by atoms with E-state index in [9.17, 15) is 8.42 Å². The number of fused-ring (bicyclic) bond motifs is 1. The SMILES string of the molecule is CSc1nccc(-c2scnc2Oc2cccc3c(NS(=O)(=O)c4ccccc4Cl)cccc23)n1. The van der Waals surface area contributed by atoms with Crippen LogP contribution in [0.1, 0.15) is 0 Å². The number of hydrogen-bond acceptors (Lipinski definition) is 8. The molecule has 176 valence electrons. The van der Waals surface area contributed by atoms with Crippen molar-refractivity contribution in [3.63, 3.8) is 0 Å². The topological polar surface area (TPSA) is 94.1 Å². The number of rotatable bonds is 7. The zero-order valence-corrected chi connectivity index (χ0v) is 21.4. The molecule has 5 aromatic rings. The first-order chi connectivity index (χ1) is 17.0. The lowest BCUT2D eigenvalue weighted by Crippen LogP contribution is -2.13. The van der Waals surface area contributed by atoms with Crippen molar-refractivity contribution in [2.75, 3.05) is 11.0 Å². The average Bonchev–Trinajstić information content (AvgIpc) is 3.33. The molecule has 1 N–H and O–H groups in total. The van der Waals surface area contributed by atoms with E-state index in [1.54, 1.807) is 42.0 Å². The van der Waals surface area contributed by atoms with E-state index >= 15 is 0 Å². The molecule has 2 aromatic heterocycles. The minimum absolute atomic E-state index is 0.00709. The molecule has 0 saturated heterocycles. The average molecular weight is 541 g/mol. The first kappa shape index (κ1) is 23.6. The molecule has 0 unspecified atom stereocenters. The van der Waals surface area contributed by atoms with E-state index in [2.05, 4.69) is 19.7 Å². The highest BCUT2D eigenvalue weighted by molar-refractivity contribution is 7.98. The van der Waals surface area contributed by atoms with Gasteiger partial charge in [0, 0.05) is 17.0 Å². The van der Waals surface area contributed by atoms with E-state index in [1.807, 2.05) is 30.5 Å². The Bertz CT molecular complexity index is 1640. The lowest BCUT2D eigenvalue weighted by molar-refractivity contribution is 0.473. The molecule has 2 heterocycles. The second-order valence-corrected chi connectivity index (χ2v) is 10.9. The monoisotopic (exact) mass is 540 g/mol. The van der Waals surface area contributed by atoms with Crippen molar-refractivity contribution in [2.45, 2.75) is 10.1 Å². The third-order valence-electron chi connectivity index (χ3n) is 5.04. The van der Waals surface area contributed by atoms with Crippen LogP contribution in [0.15, 0.2) is 88.5 Å². The molecule has 7 nitrogen and oxygen atoms in total. The van der Waals surface area contributed by atoms with Crippen LogP contribution in [0.4, 0.5) is 5.69 Å². The highest BCUT2D eigenvalue weighted by Crippen LogP contribution is 2.39. The predicted molar refractivity (Wildman–Crippen MR) is 141 cm³/mol. The van der Waals surface area contributed by atoms with Crippen LogP contribution in [0, 0.1) is 0 Å². The third-order valence-corrected chi connectivity index (χ3v) is 8.30. The Balaban J connectivity index is 1.51. The molecule has 0 amide bonds. The maximum Gasteiger partial charge on any atom is 0.263 e. The molecule has 0 aliphatic rings. The van der Waals surface area contributed by atoms with Crippen LogP contribution in [0.5, 0.6) is 11.6 Å². The number of nitrogens with one attached hydrogen (secondary N) is 1. The van der Waals surface area contributed by atoms with Crippen LogP contribution in [0.2, 0.25) is 5.02 Å². The minimum atomic E-state index is -3.90. The van der Waals surface area contributed by atoms with Gasteiger partial charge in [-0.05, 0) is 36.6 Å². The molecule has 5 rings (SSSR count). The third kappa shape index (κ3) is 4.83. The van der Waals surface area contributed by atoms with Crippen LogP contribution >= 0.6 is 34.7 Å². The van der Waals surface area contributed by atoms with Gasteiger partial charge in [0.1, 0.15) is 15.5 Å². The van der Waals surface area contributed by atoms with Gasteiger partial charge in [0.15, 0.2) is 5.16 Å². The second-order valence-electron chi connectivity index (χ2n) is 7.21. The maximum atomic E-state index is 13.0. The van der Waals surface area contributed by atoms with E-state index < -0.39 is 10.0 Å². The van der Waals surface area contributed by atoms with Gasteiger partial charge in [-0.15, -0.1) is 11.3 Å². The normalized spacial score (nSPS) is 11.5. The zero-order valence-electron chi connectivity index (χ0n) is 18.2. The van der Waals surface area contributed by atoms with Crippen molar-refractivity contribution < 1.29 is 13.2 Å². The molecule has 35 heavy (non-hydrogen) atoms. The summed E-state index contributed by atoms with van der Waals surface area (Å²) >= 11 is 9.00. The summed E-state index contributed by atoms with van der Waals surface area (Å²) in [5.41, 5.74) is 2.82. The molecule has 0 bridgehead atoms. The van der Waals surface area contributed by atoms with Crippen LogP contribution in [-0.2, 0) is 10.0 Å². The van der Waals surface area contributed by atoms with E-state index in [0.717, 1.165) is 16.0 Å². The van der Waals surface area contributed by atoms with Crippen molar-refractivity contribution in [1.82, 2.24) is 15.0 Å². The number of benzene rings is 3. The summed E-state index contributed by atoms with van der Waals surface area (Å²) in [5, 5.41) is 2.19. The van der Waals surface area contributed by atoms with Crippen LogP contribution in [0.3, 0.4) is 0 Å². The fraction of sp³-hybridized carbons (Fsp3) is 0.0417. The highest BCUT2D eigenvalue weighted by atomic mass is 35.5. The van der Waals surface area contributed by atoms with Crippen molar-refractivity contribution in [1.29, 1.82) is 0 Å². The fourth-order valence-electron chi connectivity index (χ4n) is 3.47. The summed E-state index contributed by atoms with van der Waals surface area (Å²) in [7, 11) is -3.90. The number of sulfonamides is 1. The number of ether oxygens (including phenoxy) is 1. The molecular weight excluding hydrogens is 524 g/mol. The lowest BCUT2D eigenvalue weighted by Gasteiger charge is -2.14. The number of hydrogen-bond donors (Lipinski definition) is 1. The molecule has 3 aromatic carbocycles. The van der Waals surface area contributed by atoms with Crippen LogP contribution < -0.4 is 9.46 Å². The Labute approximate surface area is 215 Å². The molecule has 0 saturated carbocycles. The smallest absolute Gasteiger partial charge is 0.263 e. The lowest BCUT2D eigenvalue weighted by atomic mass is 10.1. The number of halogens is 1. The maximum absolute atomic E-state index is 13.0. The summed E-state index contributed by atoms with van der Waals surface area (Å²) in [6, 6.07) is 18.9. The largest absolute Gasteiger partial charge is 0.437 e. The molecule has 0 spiro atoms. The van der Waals surface area contributed by atoms with Crippen LogP contribution in [0.25, 0.3) is 21.3 Å². The molecule has 0 fully saturated rings. The minimum Gasteiger partial charge on any atom is -0.437 e. The Morgan fingerprint density at radius 2 is 1.77 bits per heavy atom. The number of nitrogens with zero attached hydrogens (tertiary/aromatic N) is 3. The zero-order chi connectivity index (χ0) is 24.4. The first-order valence-corrected chi connectivity index (χ1v) is 14.2. The first-order valence-electron chi connectivity index (χ1n) is 10.2. The number of thiazole rings is 1. The Hall–Kier alpha value is -3.18. The molecule has 0 aliphatic heterocycles. The summed E-state index contributed by atoms with van der Waals surface area (Å²) in [5.74, 6) is 0.947. The predicted octanol–water partition coefficient (Wildman–Crippen LogP) is 6.72. The summed E-state index contributed by atoms with van der Waals surface area (Å²) < 4.78 is 34.9. The van der Waals surface area contributed by atoms with E-state index in [-0.39, 0.29) is 9.92 Å².